The van der Waals surface area contributed by atoms with Gasteiger partial charge in [0, 0.05) is 22.5 Å². The van der Waals surface area contributed by atoms with E-state index in [2.05, 4.69) is 5.32 Å². The molecule has 1 amide bonds. The molecule has 3 N–H and O–H groups in total. The zero-order chi connectivity index (χ0) is 20.8. The molecular weight excluding hydrogens is 396 g/mol. The Morgan fingerprint density at radius 1 is 1.14 bits per heavy atom. The number of aliphatic hydroxyl groups is 1. The van der Waals surface area contributed by atoms with E-state index < -0.39 is 29.7 Å². The molecule has 8 heteroatoms. The van der Waals surface area contributed by atoms with Gasteiger partial charge in [0.05, 0.1) is 5.41 Å². The van der Waals surface area contributed by atoms with Crippen molar-refractivity contribution in [2.75, 3.05) is 6.54 Å². The summed E-state index contributed by atoms with van der Waals surface area (Å²) in [6.07, 6.45) is 4.46. The molecule has 0 saturated heterocycles. The van der Waals surface area contributed by atoms with Crippen molar-refractivity contribution in [2.24, 2.45) is 0 Å². The van der Waals surface area contributed by atoms with E-state index in [0.717, 1.165) is 24.0 Å². The summed E-state index contributed by atoms with van der Waals surface area (Å²) in [6, 6.07) is 9.01. The summed E-state index contributed by atoms with van der Waals surface area (Å²) < 4.78 is 1.41. The van der Waals surface area contributed by atoms with Crippen molar-refractivity contribution in [1.29, 1.82) is 0 Å². The third kappa shape index (κ3) is 3.02. The van der Waals surface area contributed by atoms with E-state index >= 15 is 0 Å². The Balaban J connectivity index is 1.86. The van der Waals surface area contributed by atoms with Crippen LogP contribution in [0, 0.1) is 0 Å². The van der Waals surface area contributed by atoms with Crippen LogP contribution >= 0.6 is 11.6 Å². The maximum absolute atomic E-state index is 13.1. The van der Waals surface area contributed by atoms with Crippen molar-refractivity contribution in [3.05, 3.63) is 58.6 Å². The quantitative estimate of drug-likeness (QED) is 0.665. The van der Waals surface area contributed by atoms with Gasteiger partial charge in [0.15, 0.2) is 0 Å². The predicted molar refractivity (Wildman–Crippen MR) is 106 cm³/mol. The number of aliphatic hydroxyl groups excluding tert-OH is 1. The average Bonchev–Trinajstić information content (AvgIpc) is 3.34. The van der Waals surface area contributed by atoms with Gasteiger partial charge in [-0.3, -0.25) is 19.0 Å². The summed E-state index contributed by atoms with van der Waals surface area (Å²) in [5.74, 6) is -3.06. The number of hydrogen-bond acceptors (Lipinski definition) is 4. The van der Waals surface area contributed by atoms with Crippen LogP contribution in [0.4, 0.5) is 0 Å². The van der Waals surface area contributed by atoms with Crippen molar-refractivity contribution in [3.63, 3.8) is 0 Å². The summed E-state index contributed by atoms with van der Waals surface area (Å²) in [5, 5.41) is 22.7. The number of rotatable bonds is 4. The largest absolute Gasteiger partial charge is 0.510 e. The number of carboxylic acid groups (broad SMARTS) is 1. The highest BCUT2D eigenvalue weighted by atomic mass is 35.5. The third-order valence-corrected chi connectivity index (χ3v) is 5.95. The van der Waals surface area contributed by atoms with Crippen LogP contribution < -0.4 is 5.32 Å². The number of carbonyl (C=O) groups excluding carboxylic acids is 2. The number of fused-ring (bicyclic) bond motifs is 2. The van der Waals surface area contributed by atoms with Crippen molar-refractivity contribution >= 4 is 29.4 Å². The first-order valence-corrected chi connectivity index (χ1v) is 9.69. The monoisotopic (exact) mass is 414 g/mol. The third-order valence-electron chi connectivity index (χ3n) is 5.70. The number of halogens is 1. The van der Waals surface area contributed by atoms with E-state index in [1.807, 2.05) is 12.1 Å². The van der Waals surface area contributed by atoms with E-state index in [1.54, 1.807) is 24.4 Å². The topological polar surface area (TPSA) is 109 Å². The van der Waals surface area contributed by atoms with Crippen molar-refractivity contribution in [3.8, 4) is 11.1 Å². The maximum Gasteiger partial charge on any atom is 0.322 e. The molecule has 1 fully saturated rings. The second-order valence-electron chi connectivity index (χ2n) is 7.35. The number of nitrogens with one attached hydrogen (secondary N) is 1. The van der Waals surface area contributed by atoms with E-state index in [0.29, 0.717) is 23.6 Å². The molecule has 1 aromatic carbocycles. The first-order chi connectivity index (χ1) is 13.8. The molecular formula is C21H19ClN2O5. The summed E-state index contributed by atoms with van der Waals surface area (Å²) in [7, 11) is 0. The second-order valence-corrected chi connectivity index (χ2v) is 7.79. The van der Waals surface area contributed by atoms with Gasteiger partial charge in [-0.1, -0.05) is 36.6 Å². The fourth-order valence-electron chi connectivity index (χ4n) is 4.43. The number of hydrogen-bond donors (Lipinski definition) is 3. The fourth-order valence-corrected chi connectivity index (χ4v) is 4.55. The van der Waals surface area contributed by atoms with Gasteiger partial charge < -0.3 is 15.5 Å². The molecule has 150 valence electrons. The molecule has 1 saturated carbocycles. The van der Waals surface area contributed by atoms with Crippen LogP contribution in [-0.2, 0) is 15.0 Å². The van der Waals surface area contributed by atoms with E-state index in [4.69, 9.17) is 16.7 Å². The van der Waals surface area contributed by atoms with Gasteiger partial charge in [0.1, 0.15) is 17.9 Å². The van der Waals surface area contributed by atoms with Gasteiger partial charge in [-0.2, -0.15) is 0 Å². The molecule has 1 aliphatic heterocycles. The molecule has 29 heavy (non-hydrogen) atoms. The molecule has 1 aliphatic carbocycles. The Labute approximate surface area is 171 Å². The van der Waals surface area contributed by atoms with Crippen LogP contribution in [0.1, 0.15) is 36.2 Å². The Hall–Kier alpha value is -3.06. The number of benzene rings is 1. The molecule has 7 nitrogen and oxygen atoms in total. The summed E-state index contributed by atoms with van der Waals surface area (Å²) in [4.78, 5) is 36.4. The van der Waals surface area contributed by atoms with Crippen molar-refractivity contribution < 1.29 is 24.6 Å². The highest BCUT2D eigenvalue weighted by Crippen LogP contribution is 2.52. The minimum atomic E-state index is -1.23. The van der Waals surface area contributed by atoms with Crippen LogP contribution in [-0.4, -0.2) is 39.1 Å². The normalized spacial score (nSPS) is 17.5. The summed E-state index contributed by atoms with van der Waals surface area (Å²) >= 11 is 6.00. The van der Waals surface area contributed by atoms with E-state index in [-0.39, 0.29) is 11.3 Å². The predicted octanol–water partition coefficient (Wildman–Crippen LogP) is 3.29. The number of aliphatic carboxylic acids is 1. The first kappa shape index (κ1) is 19.3. The summed E-state index contributed by atoms with van der Waals surface area (Å²) in [5.41, 5.74) is 1.07. The van der Waals surface area contributed by atoms with E-state index in [9.17, 15) is 19.5 Å². The number of amides is 1. The molecule has 2 heterocycles. The number of allylic oxidation sites excluding steroid dienone is 1. The van der Waals surface area contributed by atoms with Crippen LogP contribution in [0.3, 0.4) is 0 Å². The number of carboxylic acids is 1. The molecule has 0 atom stereocenters. The fraction of sp³-hybridized carbons (Fsp3) is 0.286. The standard InChI is InChI=1S/C21H19ClN2O5/c22-13-5-3-12(4-6-13)14-7-10-24-17(14)21(8-1-2-9-21)18(27)16(20(24)29)19(28)23-11-15(25)26/h3-7,10,27H,1-2,8-9,11H2,(H,23,28)(H,25,26). The van der Waals surface area contributed by atoms with Gasteiger partial charge in [-0.25, -0.2) is 0 Å². The Kier molecular flexibility index (Phi) is 4.70. The molecule has 4 rings (SSSR count). The lowest BCUT2D eigenvalue weighted by atomic mass is 9.74. The number of nitrogens with zero attached hydrogens (tertiary/aromatic N) is 1. The lowest BCUT2D eigenvalue weighted by molar-refractivity contribution is -0.137. The Morgan fingerprint density at radius 2 is 1.79 bits per heavy atom. The van der Waals surface area contributed by atoms with Crippen LogP contribution in [0.5, 0.6) is 0 Å². The molecule has 0 radical (unpaired) electrons. The van der Waals surface area contributed by atoms with Crippen LogP contribution in [0.15, 0.2) is 47.9 Å². The highest BCUT2D eigenvalue weighted by Gasteiger charge is 2.50. The Bertz CT molecular complexity index is 1050. The second kappa shape index (κ2) is 7.08. The zero-order valence-electron chi connectivity index (χ0n) is 15.4. The summed E-state index contributed by atoms with van der Waals surface area (Å²) in [6.45, 7) is -0.634. The van der Waals surface area contributed by atoms with Gasteiger partial charge in [-0.05, 0) is 36.6 Å². The van der Waals surface area contributed by atoms with Crippen LogP contribution in [0.2, 0.25) is 5.02 Å². The Morgan fingerprint density at radius 3 is 2.41 bits per heavy atom. The highest BCUT2D eigenvalue weighted by molar-refractivity contribution is 6.30. The molecule has 1 aromatic heterocycles. The van der Waals surface area contributed by atoms with Crippen LogP contribution in [0.25, 0.3) is 11.1 Å². The average molecular weight is 415 g/mol. The minimum Gasteiger partial charge on any atom is -0.510 e. The van der Waals surface area contributed by atoms with Gasteiger partial charge in [-0.15, -0.1) is 0 Å². The van der Waals surface area contributed by atoms with Gasteiger partial charge >= 0.3 is 5.97 Å². The van der Waals surface area contributed by atoms with Crippen molar-refractivity contribution in [1.82, 2.24) is 9.88 Å². The smallest absolute Gasteiger partial charge is 0.322 e. The minimum absolute atomic E-state index is 0.274. The molecule has 0 bridgehead atoms. The SMILES string of the molecule is O=C(O)CNC(=O)C1=C(O)C2(CCCC2)c2c(-c3ccc(Cl)cc3)ccn2C1=O. The molecule has 2 aromatic rings. The number of aromatic nitrogens is 1. The van der Waals surface area contributed by atoms with Gasteiger partial charge in [0.25, 0.3) is 11.8 Å². The first-order valence-electron chi connectivity index (χ1n) is 9.31. The molecule has 2 aliphatic rings. The lowest BCUT2D eigenvalue weighted by Gasteiger charge is -2.35. The van der Waals surface area contributed by atoms with E-state index in [1.165, 1.54) is 4.57 Å². The number of carbonyl (C=O) groups is 3. The zero-order valence-corrected chi connectivity index (χ0v) is 16.2. The maximum atomic E-state index is 13.1. The molecule has 1 spiro atoms. The molecule has 0 unspecified atom stereocenters. The lowest BCUT2D eigenvalue weighted by Crippen LogP contribution is -2.43. The van der Waals surface area contributed by atoms with Crippen molar-refractivity contribution in [2.45, 2.75) is 31.1 Å². The van der Waals surface area contributed by atoms with Gasteiger partial charge in [0.2, 0.25) is 0 Å².